The number of terminal acetylenes is 1. The van der Waals surface area contributed by atoms with Crippen molar-refractivity contribution >= 4 is 92.6 Å². The van der Waals surface area contributed by atoms with Gasteiger partial charge in [-0.15, -0.1) is 17.8 Å². The molecule has 0 saturated heterocycles. The Morgan fingerprint density at radius 2 is 1.88 bits per heavy atom. The maximum absolute atomic E-state index is 14.5. The van der Waals surface area contributed by atoms with Gasteiger partial charge in [0.1, 0.15) is 40.5 Å². The van der Waals surface area contributed by atoms with Crippen LogP contribution in [0.5, 0.6) is 11.8 Å². The highest BCUT2D eigenvalue weighted by Gasteiger charge is 2.31. The number of nitrogens with one attached hydrogen (secondary N) is 3. The molecule has 0 fully saturated rings. The standard InChI is InChI=1S/C18H17FN4O2S.C11H11N5O6S2.C3H8NO5P.C3H9S/c1-4-5-22-13-7-12(11(19)6-14(13)25-9-16(22)24)20-17-23-10-18(2,3)8-15(23)21-26-17;1-5-12-9(15-11(13-5)22-2)14-10(19)16-24(20,21)6-3-4-23-7(6)8(17)18;5-3(6)1-4-2-10(7,8)9;1-4(2)3/h1,6-7H,5,8-10H2,2-3H3;3-4H,1-2H3,(H,17,18)(H2,12,13,14,15,16,19);4H,1-2H2,(H,5,6)(H2,7,8,9);1-3H3/q;;;+1/p-1. The van der Waals surface area contributed by atoms with Crippen LogP contribution in [-0.2, 0) is 48.0 Å². The molecule has 4 aromatic rings. The topological polar surface area (TPSA) is 330 Å². The lowest BCUT2D eigenvalue weighted by atomic mass is 9.92. The second-order valence-electron chi connectivity index (χ2n) is 14.2. The molecule has 0 aliphatic carbocycles. The molecule has 2 aliphatic rings. The highest BCUT2D eigenvalue weighted by Crippen LogP contribution is 2.37. The largest absolute Gasteiger partial charge is 0.778 e. The summed E-state index contributed by atoms with van der Waals surface area (Å²) >= 11 is 1.96. The van der Waals surface area contributed by atoms with Crippen LogP contribution in [0, 0.1) is 30.5 Å². The van der Waals surface area contributed by atoms with Gasteiger partial charge in [-0.3, -0.25) is 25.1 Å². The second kappa shape index (κ2) is 22.9. The minimum atomic E-state index is -4.37. The van der Waals surface area contributed by atoms with Gasteiger partial charge in [0.25, 0.3) is 15.9 Å². The van der Waals surface area contributed by atoms with Crippen LogP contribution in [0.25, 0.3) is 0 Å². The zero-order valence-corrected chi connectivity index (χ0v) is 39.3. The molecule has 0 saturated carbocycles. The molecule has 1 atom stereocenters. The zero-order chi connectivity index (χ0) is 48.2. The quantitative estimate of drug-likeness (QED) is 0.0702. The summed E-state index contributed by atoms with van der Waals surface area (Å²) in [5.74, 6) is 0.352. The Hall–Kier alpha value is -5.53. The Labute approximate surface area is 376 Å². The molecular formula is C35H44FN10O13PS4. The second-order valence-corrected chi connectivity index (χ2v) is 21.5. The van der Waals surface area contributed by atoms with Crippen LogP contribution in [0.3, 0.4) is 0 Å². The summed E-state index contributed by atoms with van der Waals surface area (Å²) in [5, 5.41) is 22.3. The molecule has 0 spiro atoms. The van der Waals surface area contributed by atoms with Gasteiger partial charge in [-0.25, -0.2) is 32.1 Å². The number of aromatic carboxylic acids is 1. The van der Waals surface area contributed by atoms with Gasteiger partial charge in [0.2, 0.25) is 10.7 Å². The number of amides is 3. The number of benzene rings is 1. The molecular weight excluding hydrogens is 947 g/mol. The van der Waals surface area contributed by atoms with E-state index in [0.717, 1.165) is 36.2 Å². The van der Waals surface area contributed by atoms with E-state index < -0.39 is 64.0 Å². The first kappa shape index (κ1) is 52.8. The average molecular weight is 991 g/mol. The molecule has 2 aliphatic heterocycles. The summed E-state index contributed by atoms with van der Waals surface area (Å²) in [5.41, 5.74) is 0.678. The van der Waals surface area contributed by atoms with Crippen molar-refractivity contribution in [2.24, 2.45) is 10.4 Å². The van der Waals surface area contributed by atoms with Crippen LogP contribution in [0.1, 0.15) is 35.2 Å². The highest BCUT2D eigenvalue weighted by molar-refractivity contribution is 7.94. The molecule has 0 radical (unpaired) electrons. The van der Waals surface area contributed by atoms with Crippen molar-refractivity contribution in [1.82, 2.24) is 33.9 Å². The molecule has 1 aromatic carbocycles. The van der Waals surface area contributed by atoms with E-state index in [-0.39, 0.29) is 47.9 Å². The fourth-order valence-electron chi connectivity index (χ4n) is 5.12. The van der Waals surface area contributed by atoms with Gasteiger partial charge < -0.3 is 38.6 Å². The monoisotopic (exact) mass is 990 g/mol. The average Bonchev–Trinajstić information content (AvgIpc) is 3.88. The molecule has 29 heteroatoms. The summed E-state index contributed by atoms with van der Waals surface area (Å²) in [7, 11) is -6.77. The number of ether oxygens (including phenoxy) is 2. The Bertz CT molecular complexity index is 2620. The predicted octanol–water partition coefficient (Wildman–Crippen LogP) is 1.37. The van der Waals surface area contributed by atoms with E-state index in [0.29, 0.717) is 27.1 Å². The number of urea groups is 1. The number of aryl methyl sites for hydroxylation is 1. The van der Waals surface area contributed by atoms with Crippen molar-refractivity contribution in [2.45, 2.75) is 38.6 Å². The van der Waals surface area contributed by atoms with Crippen LogP contribution in [0.15, 0.2) is 33.5 Å². The van der Waals surface area contributed by atoms with Gasteiger partial charge in [0.15, 0.2) is 12.4 Å². The molecule has 23 nitrogen and oxygen atoms in total. The first-order valence-corrected chi connectivity index (χ1v) is 25.3. The number of carbonyl (C=O) groups is 4. The normalized spacial score (nSPS) is 14.6. The number of carboxylic acids is 2. The van der Waals surface area contributed by atoms with E-state index in [2.05, 4.69) is 68.2 Å². The third-order valence-corrected chi connectivity index (χ3v) is 11.3. The van der Waals surface area contributed by atoms with Crippen LogP contribution >= 0.6 is 30.5 Å². The number of hydrogen-bond acceptors (Lipinski definition) is 18. The van der Waals surface area contributed by atoms with Gasteiger partial charge in [-0.2, -0.15) is 19.3 Å². The first-order chi connectivity index (χ1) is 29.7. The van der Waals surface area contributed by atoms with Crippen molar-refractivity contribution in [3.8, 4) is 24.1 Å². The number of nitrogens with zero attached hydrogens (tertiary/aromatic N) is 7. The van der Waals surface area contributed by atoms with Gasteiger partial charge in [-0.05, 0) is 40.7 Å². The van der Waals surface area contributed by atoms with Crippen LogP contribution < -0.4 is 39.4 Å². The van der Waals surface area contributed by atoms with Crippen LogP contribution in [0.4, 0.5) is 26.5 Å². The third kappa shape index (κ3) is 16.2. The SMILES string of the molecule is C#CCN1C(=O)COc2cc(F)c(N=c3snc4n3CC(C)(C)C4)cc21.COc1nc(C)nc(NC(=O)NS(=O)(=O)c2ccsc2C(=O)O)n1.C[S+](C)C.O=C(O)CNCP(=O)([O-])O. The number of rotatable bonds is 11. The number of fused-ring (bicyclic) bond motifs is 2. The fraction of sp³-hybridized carbons (Fsp3) is 0.400. The van der Waals surface area contributed by atoms with Crippen molar-refractivity contribution in [3.63, 3.8) is 0 Å². The van der Waals surface area contributed by atoms with Crippen LogP contribution in [0.2, 0.25) is 0 Å². The van der Waals surface area contributed by atoms with E-state index in [9.17, 15) is 41.4 Å². The number of halogens is 1. The number of aliphatic carboxylic acids is 1. The molecule has 5 heterocycles. The fourth-order valence-corrected chi connectivity index (χ4v) is 8.44. The molecule has 348 valence electrons. The lowest BCUT2D eigenvalue weighted by molar-refractivity contribution is -0.193. The minimum absolute atomic E-state index is 0.0633. The van der Waals surface area contributed by atoms with E-state index in [1.54, 1.807) is 4.72 Å². The van der Waals surface area contributed by atoms with E-state index in [1.165, 1.54) is 48.0 Å². The Morgan fingerprint density at radius 3 is 2.47 bits per heavy atom. The third-order valence-electron chi connectivity index (χ3n) is 7.50. The Balaban J connectivity index is 0.000000265. The lowest BCUT2D eigenvalue weighted by Gasteiger charge is -2.28. The number of thiophene rings is 1. The maximum atomic E-state index is 14.5. The Morgan fingerprint density at radius 1 is 1.20 bits per heavy atom. The van der Waals surface area contributed by atoms with Crippen molar-refractivity contribution < 1.29 is 66.0 Å². The first-order valence-electron chi connectivity index (χ1n) is 17.9. The van der Waals surface area contributed by atoms with Gasteiger partial charge in [0.05, 0.1) is 50.9 Å². The van der Waals surface area contributed by atoms with E-state index >= 15 is 0 Å². The number of sulfonamides is 1. The molecule has 3 amide bonds. The van der Waals surface area contributed by atoms with Crippen molar-refractivity contribution in [1.29, 1.82) is 0 Å². The highest BCUT2D eigenvalue weighted by atomic mass is 32.2. The molecule has 6 rings (SSSR count). The summed E-state index contributed by atoms with van der Waals surface area (Å²) in [6, 6.07) is 2.61. The molecule has 0 bridgehead atoms. The summed E-state index contributed by atoms with van der Waals surface area (Å²) < 4.78 is 67.0. The van der Waals surface area contributed by atoms with Gasteiger partial charge >= 0.3 is 24.0 Å². The predicted molar refractivity (Wildman–Crippen MR) is 233 cm³/mol. The molecule has 3 aromatic heterocycles. The van der Waals surface area contributed by atoms with Crippen LogP contribution in [-0.4, -0.2) is 123 Å². The number of aromatic nitrogens is 5. The maximum Gasteiger partial charge on any atom is 0.347 e. The molecule has 1 unspecified atom stereocenters. The van der Waals surface area contributed by atoms with Crippen molar-refractivity contribution in [3.05, 3.63) is 50.7 Å². The molecule has 6 N–H and O–H groups in total. The smallest absolute Gasteiger partial charge is 0.347 e. The molecule has 64 heavy (non-hydrogen) atoms. The van der Waals surface area contributed by atoms with E-state index in [1.807, 2.05) is 9.88 Å². The lowest BCUT2D eigenvalue weighted by Crippen LogP contribution is -2.39. The van der Waals surface area contributed by atoms with Crippen molar-refractivity contribution in [2.75, 3.05) is 62.1 Å². The number of carbonyl (C=O) groups excluding carboxylic acids is 2. The zero-order valence-electron chi connectivity index (χ0n) is 35.1. The number of hydrogen-bond donors (Lipinski definition) is 6. The number of methoxy groups -OCH3 is 1. The summed E-state index contributed by atoms with van der Waals surface area (Å²) in [6.45, 7) is 6.10. The summed E-state index contributed by atoms with van der Waals surface area (Å²) in [4.78, 5) is 79.6. The summed E-state index contributed by atoms with van der Waals surface area (Å²) in [6.07, 6.45) is 12.1. The number of carboxylic acid groups (broad SMARTS) is 2. The van der Waals surface area contributed by atoms with E-state index in [4.69, 9.17) is 31.0 Å². The van der Waals surface area contributed by atoms with Gasteiger partial charge in [-0.1, -0.05) is 19.8 Å². The van der Waals surface area contributed by atoms with Gasteiger partial charge in [0, 0.05) is 30.6 Å². The number of anilines is 2. The minimum Gasteiger partial charge on any atom is -0.778 e. The Kier molecular flexibility index (Phi) is 18.9.